The summed E-state index contributed by atoms with van der Waals surface area (Å²) in [6, 6.07) is 11.1. The van der Waals surface area contributed by atoms with Crippen molar-refractivity contribution in [3.8, 4) is 5.75 Å². The van der Waals surface area contributed by atoms with Gasteiger partial charge in [-0.2, -0.15) is 8.78 Å². The van der Waals surface area contributed by atoms with Gasteiger partial charge in [0.1, 0.15) is 5.75 Å². The van der Waals surface area contributed by atoms with E-state index >= 15 is 0 Å². The molecule has 2 atom stereocenters. The number of halogens is 2. The van der Waals surface area contributed by atoms with Crippen LogP contribution in [0.15, 0.2) is 42.5 Å². The second-order valence-electron chi connectivity index (χ2n) is 9.02. The SMILES string of the molecule is COc1ccccc1CCN1CNc2cccc(NC(=O)C3CC[N+](=O)C(C(C)(F)F)C3)c2C1=O. The number of fused-ring (bicyclic) bond motifs is 1. The molecule has 2 heterocycles. The molecule has 2 aliphatic rings. The third-order valence-electron chi connectivity index (χ3n) is 6.64. The highest BCUT2D eigenvalue weighted by Gasteiger charge is 2.51. The molecule has 0 bridgehead atoms. The van der Waals surface area contributed by atoms with Crippen molar-refractivity contribution in [2.45, 2.75) is 38.2 Å². The van der Waals surface area contributed by atoms with Gasteiger partial charge in [0.25, 0.3) is 11.9 Å². The monoisotopic (exact) mass is 487 g/mol. The maximum Gasteiger partial charge on any atom is 0.309 e. The van der Waals surface area contributed by atoms with Crippen LogP contribution >= 0.6 is 0 Å². The van der Waals surface area contributed by atoms with Gasteiger partial charge in [-0.15, -0.1) is 0 Å². The first-order chi connectivity index (χ1) is 16.7. The van der Waals surface area contributed by atoms with E-state index in [1.807, 2.05) is 24.3 Å². The lowest BCUT2D eigenvalue weighted by molar-refractivity contribution is -0.618. The fourth-order valence-electron chi connectivity index (χ4n) is 4.67. The van der Waals surface area contributed by atoms with E-state index in [0.717, 1.165) is 11.3 Å². The summed E-state index contributed by atoms with van der Waals surface area (Å²) in [6.07, 6.45) is 0.515. The summed E-state index contributed by atoms with van der Waals surface area (Å²) in [6.45, 7) is 1.30. The average Bonchev–Trinajstić information content (AvgIpc) is 2.83. The molecular weight excluding hydrogens is 458 g/mol. The molecular formula is C25H29F2N4O4+. The van der Waals surface area contributed by atoms with E-state index in [2.05, 4.69) is 10.6 Å². The zero-order valence-corrected chi connectivity index (χ0v) is 19.7. The lowest BCUT2D eigenvalue weighted by atomic mass is 9.88. The number of nitrogens with one attached hydrogen (secondary N) is 2. The van der Waals surface area contributed by atoms with Crippen LogP contribution in [0.25, 0.3) is 0 Å². The Morgan fingerprint density at radius 3 is 2.77 bits per heavy atom. The van der Waals surface area contributed by atoms with Crippen LogP contribution in [-0.2, 0) is 11.2 Å². The molecule has 0 aliphatic carbocycles. The molecule has 2 aromatic carbocycles. The minimum absolute atomic E-state index is 0.143. The minimum atomic E-state index is -3.21. The zero-order valence-electron chi connectivity index (χ0n) is 19.7. The number of anilines is 2. The topological polar surface area (TPSA) is 90.8 Å². The first-order valence-corrected chi connectivity index (χ1v) is 11.6. The molecule has 4 rings (SSSR count). The highest BCUT2D eigenvalue weighted by molar-refractivity contribution is 6.09. The Labute approximate surface area is 202 Å². The first-order valence-electron chi connectivity index (χ1n) is 11.6. The molecule has 0 spiro atoms. The van der Waals surface area contributed by atoms with Gasteiger partial charge >= 0.3 is 5.92 Å². The Kier molecular flexibility index (Phi) is 7.00. The molecule has 2 aromatic rings. The number of piperidine rings is 1. The van der Waals surface area contributed by atoms with E-state index in [1.165, 1.54) is 0 Å². The number of carbonyl (C=O) groups excluding carboxylic acids is 2. The summed E-state index contributed by atoms with van der Waals surface area (Å²) in [7, 11) is 1.60. The number of ether oxygens (including phenoxy) is 1. The number of alkyl halides is 2. The summed E-state index contributed by atoms with van der Waals surface area (Å²) in [4.78, 5) is 39.8. The smallest absolute Gasteiger partial charge is 0.309 e. The Morgan fingerprint density at radius 2 is 2.03 bits per heavy atom. The van der Waals surface area contributed by atoms with E-state index in [0.29, 0.717) is 48.3 Å². The zero-order chi connectivity index (χ0) is 25.2. The van der Waals surface area contributed by atoms with Crippen molar-refractivity contribution in [3.05, 3.63) is 58.5 Å². The molecule has 2 unspecified atom stereocenters. The van der Waals surface area contributed by atoms with Crippen molar-refractivity contribution in [1.82, 2.24) is 4.90 Å². The van der Waals surface area contributed by atoms with Gasteiger partial charge in [-0.1, -0.05) is 24.3 Å². The third-order valence-corrected chi connectivity index (χ3v) is 6.64. The van der Waals surface area contributed by atoms with Gasteiger partial charge in [-0.3, -0.25) is 9.59 Å². The van der Waals surface area contributed by atoms with Crippen LogP contribution < -0.4 is 15.4 Å². The molecule has 2 N–H and O–H groups in total. The quantitative estimate of drug-likeness (QED) is 0.578. The summed E-state index contributed by atoms with van der Waals surface area (Å²) < 4.78 is 33.4. The number of hydrogen-bond donors (Lipinski definition) is 2. The summed E-state index contributed by atoms with van der Waals surface area (Å²) >= 11 is 0. The van der Waals surface area contributed by atoms with E-state index in [4.69, 9.17) is 4.74 Å². The van der Waals surface area contributed by atoms with Crippen molar-refractivity contribution < 1.29 is 27.9 Å². The number of nitrogens with zero attached hydrogens (tertiary/aromatic N) is 2. The van der Waals surface area contributed by atoms with Crippen LogP contribution in [0.2, 0.25) is 0 Å². The summed E-state index contributed by atoms with van der Waals surface area (Å²) in [5, 5.41) is 5.97. The minimum Gasteiger partial charge on any atom is -0.496 e. The van der Waals surface area contributed by atoms with Crippen LogP contribution in [0.1, 0.15) is 35.7 Å². The van der Waals surface area contributed by atoms with Gasteiger partial charge in [0.15, 0.2) is 6.54 Å². The number of para-hydroxylation sites is 1. The van der Waals surface area contributed by atoms with Gasteiger partial charge in [0, 0.05) is 36.0 Å². The van der Waals surface area contributed by atoms with Crippen molar-refractivity contribution in [2.75, 3.05) is 37.5 Å². The fourth-order valence-corrected chi connectivity index (χ4v) is 4.67. The number of rotatable bonds is 7. The molecule has 2 amide bonds. The molecule has 1 saturated heterocycles. The molecule has 35 heavy (non-hydrogen) atoms. The molecule has 8 nitrogen and oxygen atoms in total. The van der Waals surface area contributed by atoms with Crippen LogP contribution in [0.4, 0.5) is 20.2 Å². The van der Waals surface area contributed by atoms with Crippen molar-refractivity contribution in [3.63, 3.8) is 0 Å². The van der Waals surface area contributed by atoms with Crippen molar-refractivity contribution in [2.24, 2.45) is 5.92 Å². The molecule has 0 aromatic heterocycles. The predicted octanol–water partition coefficient (Wildman–Crippen LogP) is 3.91. The number of amides is 2. The van der Waals surface area contributed by atoms with Crippen LogP contribution in [0.5, 0.6) is 5.75 Å². The van der Waals surface area contributed by atoms with Gasteiger partial charge in [0.05, 0.1) is 36.6 Å². The predicted molar refractivity (Wildman–Crippen MR) is 127 cm³/mol. The van der Waals surface area contributed by atoms with E-state index in [1.54, 1.807) is 30.2 Å². The largest absolute Gasteiger partial charge is 0.496 e. The van der Waals surface area contributed by atoms with Crippen LogP contribution in [0.3, 0.4) is 0 Å². The van der Waals surface area contributed by atoms with E-state index < -0.39 is 23.8 Å². The summed E-state index contributed by atoms with van der Waals surface area (Å²) in [5.41, 5.74) is 2.21. The highest BCUT2D eigenvalue weighted by Crippen LogP contribution is 2.33. The molecule has 10 heteroatoms. The number of hydrogen-bond acceptors (Lipinski definition) is 5. The second-order valence-corrected chi connectivity index (χ2v) is 9.02. The Balaban J connectivity index is 1.48. The third kappa shape index (κ3) is 5.26. The van der Waals surface area contributed by atoms with Crippen molar-refractivity contribution >= 4 is 23.2 Å². The average molecular weight is 488 g/mol. The van der Waals surface area contributed by atoms with Crippen molar-refractivity contribution in [1.29, 1.82) is 0 Å². The standard InChI is InChI=1S/C25H28F2N4O4/c1-25(26,27)21-14-17(11-13-31(21)34)23(32)29-19-8-5-7-18-22(19)24(33)30(15-28-18)12-10-16-6-3-4-9-20(16)35-2/h3-9,17,21H,10-15H2,1-2H3,(H-,28,29,32,33)/p+1. The molecule has 1 fully saturated rings. The first kappa shape index (κ1) is 24.6. The second kappa shape index (κ2) is 9.97. The Morgan fingerprint density at radius 1 is 1.26 bits per heavy atom. The lowest BCUT2D eigenvalue weighted by Crippen LogP contribution is -2.47. The fraction of sp³-hybridized carbons (Fsp3) is 0.440. The highest BCUT2D eigenvalue weighted by atomic mass is 19.3. The molecule has 2 aliphatic heterocycles. The summed E-state index contributed by atoms with van der Waals surface area (Å²) in [5.74, 6) is -3.93. The molecule has 0 saturated carbocycles. The van der Waals surface area contributed by atoms with E-state index in [-0.39, 0.29) is 25.3 Å². The Hall–Kier alpha value is -3.56. The van der Waals surface area contributed by atoms with Crippen LogP contribution in [-0.4, -0.2) is 60.3 Å². The molecule has 186 valence electrons. The van der Waals surface area contributed by atoms with Gasteiger partial charge in [-0.05, 0) is 30.2 Å². The number of nitroso groups, excluding NO2 is 1. The van der Waals surface area contributed by atoms with Gasteiger partial charge < -0.3 is 20.3 Å². The van der Waals surface area contributed by atoms with Crippen LogP contribution in [0, 0.1) is 10.8 Å². The molecule has 0 radical (unpaired) electrons. The Bertz CT molecular complexity index is 1130. The van der Waals surface area contributed by atoms with E-state index in [9.17, 15) is 23.3 Å². The number of carbonyl (C=O) groups is 2. The maximum atomic E-state index is 13.8. The normalized spacial score (nSPS) is 20.2. The number of methoxy groups -OCH3 is 1. The maximum absolute atomic E-state index is 13.8. The lowest BCUT2D eigenvalue weighted by Gasteiger charge is -2.31. The van der Waals surface area contributed by atoms with Gasteiger partial charge in [-0.25, -0.2) is 0 Å². The van der Waals surface area contributed by atoms with Gasteiger partial charge in [0.2, 0.25) is 5.91 Å². The number of benzene rings is 2.